The number of nitrogens with zero attached hydrogens (tertiary/aromatic N) is 5. The lowest BCUT2D eigenvalue weighted by atomic mass is 9.95. The van der Waals surface area contributed by atoms with Gasteiger partial charge in [0.15, 0.2) is 12.6 Å². The van der Waals surface area contributed by atoms with Crippen molar-refractivity contribution in [2.45, 2.75) is 49.9 Å². The highest BCUT2D eigenvalue weighted by atomic mass is 35.5. The molecule has 2 aromatic heterocycles. The van der Waals surface area contributed by atoms with Gasteiger partial charge in [0.1, 0.15) is 35.6 Å². The van der Waals surface area contributed by atoms with E-state index in [1.165, 1.54) is 7.11 Å². The summed E-state index contributed by atoms with van der Waals surface area (Å²) in [5.74, 6) is 0.680. The average Bonchev–Trinajstić information content (AvgIpc) is 3.67. The molecule has 1 aliphatic carbocycles. The second-order valence-electron chi connectivity index (χ2n) is 13.3. The Bertz CT molecular complexity index is 1810. The van der Waals surface area contributed by atoms with Crippen molar-refractivity contribution < 1.29 is 28.1 Å². The molecule has 4 fully saturated rings. The zero-order chi connectivity index (χ0) is 31.6. The number of methoxy groups -OCH3 is 1. The number of aliphatic hydroxyl groups is 1. The summed E-state index contributed by atoms with van der Waals surface area (Å²) in [5.41, 5.74) is 0.254. The minimum atomic E-state index is -0.898. The highest BCUT2D eigenvalue weighted by molar-refractivity contribution is 6.37. The smallest absolute Gasteiger partial charge is 0.319 e. The zero-order valence-electron chi connectivity index (χ0n) is 25.6. The van der Waals surface area contributed by atoms with Gasteiger partial charge in [0.2, 0.25) is 0 Å². The molecule has 0 unspecified atom stereocenters. The maximum atomic E-state index is 16.9. The van der Waals surface area contributed by atoms with Gasteiger partial charge in [-0.25, -0.2) is 8.78 Å². The van der Waals surface area contributed by atoms with E-state index in [1.54, 1.807) is 12.3 Å². The fourth-order valence-electron chi connectivity index (χ4n) is 8.30. The van der Waals surface area contributed by atoms with Crippen LogP contribution in [0.4, 0.5) is 14.6 Å². The predicted molar refractivity (Wildman–Crippen MR) is 171 cm³/mol. The number of rotatable bonds is 8. The van der Waals surface area contributed by atoms with Crippen molar-refractivity contribution >= 4 is 39.1 Å². The number of anilines is 1. The fourth-order valence-corrected chi connectivity index (χ4v) is 8.58. The third-order valence-corrected chi connectivity index (χ3v) is 10.8. The summed E-state index contributed by atoms with van der Waals surface area (Å²) in [5, 5.41) is 12.9. The number of halogens is 3. The Morgan fingerprint density at radius 1 is 1.09 bits per heavy atom. The number of fused-ring (bicyclic) bond motifs is 5. The van der Waals surface area contributed by atoms with Gasteiger partial charge in [-0.3, -0.25) is 9.88 Å². The molecule has 0 radical (unpaired) electrons. The van der Waals surface area contributed by atoms with Crippen molar-refractivity contribution in [1.82, 2.24) is 19.9 Å². The minimum Gasteiger partial charge on any atom is -0.466 e. The first-order valence-corrected chi connectivity index (χ1v) is 16.4. The van der Waals surface area contributed by atoms with Crippen LogP contribution in [-0.4, -0.2) is 89.5 Å². The van der Waals surface area contributed by atoms with E-state index in [0.717, 1.165) is 32.2 Å². The van der Waals surface area contributed by atoms with Gasteiger partial charge in [-0.1, -0.05) is 35.9 Å². The molecule has 46 heavy (non-hydrogen) atoms. The second kappa shape index (κ2) is 11.7. The summed E-state index contributed by atoms with van der Waals surface area (Å²) >= 11 is 6.69. The molecule has 1 saturated carbocycles. The first-order valence-electron chi connectivity index (χ1n) is 16.0. The number of pyridine rings is 1. The molecule has 3 saturated heterocycles. The number of ether oxygens (including phenoxy) is 3. The molecule has 8 rings (SSSR count). The SMILES string of the molecule is COCOc1cc(-c2ncc3c(N4C[C@@H]5C[C@H](C4)[C@H](O)C5)nc(OC[C@@]45CCCN4C[C@H](F)C5)nc3c2F)c2ccccc2c1Cl. The van der Waals surface area contributed by atoms with Crippen molar-refractivity contribution in [3.05, 3.63) is 47.4 Å². The average molecular weight is 652 g/mol. The van der Waals surface area contributed by atoms with Gasteiger partial charge in [-0.2, -0.15) is 9.97 Å². The lowest BCUT2D eigenvalue weighted by Crippen LogP contribution is -2.43. The van der Waals surface area contributed by atoms with Crippen LogP contribution in [0, 0.1) is 17.7 Å². The highest BCUT2D eigenvalue weighted by Crippen LogP contribution is 2.44. The number of piperidine rings is 1. The van der Waals surface area contributed by atoms with Gasteiger partial charge in [0.05, 0.1) is 22.1 Å². The molecule has 2 bridgehead atoms. The van der Waals surface area contributed by atoms with E-state index in [-0.39, 0.29) is 42.6 Å². The highest BCUT2D eigenvalue weighted by Gasteiger charge is 2.49. The first-order chi connectivity index (χ1) is 22.3. The summed E-state index contributed by atoms with van der Waals surface area (Å²) < 4.78 is 48.5. The molecule has 12 heteroatoms. The summed E-state index contributed by atoms with van der Waals surface area (Å²) in [6.45, 7) is 2.71. The van der Waals surface area contributed by atoms with Gasteiger partial charge in [0.25, 0.3) is 0 Å². The Morgan fingerprint density at radius 2 is 1.93 bits per heavy atom. The molecule has 242 valence electrons. The predicted octanol–water partition coefficient (Wildman–Crippen LogP) is 5.78. The summed E-state index contributed by atoms with van der Waals surface area (Å²) in [7, 11) is 1.51. The molecular formula is C34H36ClF2N5O4. The van der Waals surface area contributed by atoms with E-state index in [1.807, 2.05) is 24.3 Å². The largest absolute Gasteiger partial charge is 0.466 e. The van der Waals surface area contributed by atoms with Gasteiger partial charge in [0, 0.05) is 56.2 Å². The van der Waals surface area contributed by atoms with E-state index >= 15 is 4.39 Å². The van der Waals surface area contributed by atoms with Crippen molar-refractivity contribution in [3.63, 3.8) is 0 Å². The molecule has 1 N–H and O–H groups in total. The van der Waals surface area contributed by atoms with Crippen LogP contribution in [0.5, 0.6) is 11.8 Å². The molecule has 2 aromatic carbocycles. The fraction of sp³-hybridized carbons (Fsp3) is 0.500. The minimum absolute atomic E-state index is 0.0307. The van der Waals surface area contributed by atoms with E-state index in [4.69, 9.17) is 30.8 Å². The van der Waals surface area contributed by atoms with Crippen LogP contribution in [0.15, 0.2) is 36.5 Å². The lowest BCUT2D eigenvalue weighted by Gasteiger charge is -2.34. The van der Waals surface area contributed by atoms with Crippen LogP contribution in [0.2, 0.25) is 5.02 Å². The maximum Gasteiger partial charge on any atom is 0.319 e. The summed E-state index contributed by atoms with van der Waals surface area (Å²) in [6.07, 6.45) is 4.27. The Balaban J connectivity index is 1.25. The van der Waals surface area contributed by atoms with E-state index < -0.39 is 17.5 Å². The lowest BCUT2D eigenvalue weighted by molar-refractivity contribution is 0.0513. The molecule has 0 spiro atoms. The third-order valence-electron chi connectivity index (χ3n) is 10.4. The van der Waals surface area contributed by atoms with Gasteiger partial charge in [-0.15, -0.1) is 0 Å². The van der Waals surface area contributed by atoms with E-state index in [0.29, 0.717) is 70.3 Å². The Hall–Kier alpha value is -3.38. The van der Waals surface area contributed by atoms with Gasteiger partial charge in [-0.05, 0) is 49.6 Å². The quantitative estimate of drug-likeness (QED) is 0.238. The van der Waals surface area contributed by atoms with Gasteiger partial charge < -0.3 is 24.2 Å². The molecule has 5 atom stereocenters. The topological polar surface area (TPSA) is 93.1 Å². The number of hydrogen-bond donors (Lipinski definition) is 1. The second-order valence-corrected chi connectivity index (χ2v) is 13.7. The van der Waals surface area contributed by atoms with Crippen LogP contribution >= 0.6 is 11.6 Å². The maximum absolute atomic E-state index is 16.9. The summed E-state index contributed by atoms with van der Waals surface area (Å²) in [4.78, 5) is 18.4. The van der Waals surface area contributed by atoms with Crippen molar-refractivity contribution in [3.8, 4) is 23.0 Å². The normalized spacial score (nSPS) is 27.5. The number of benzene rings is 2. The summed E-state index contributed by atoms with van der Waals surface area (Å²) in [6, 6.07) is 9.15. The molecule has 5 heterocycles. The Labute approximate surface area is 270 Å². The van der Waals surface area contributed by atoms with Crippen molar-refractivity contribution in [1.29, 1.82) is 0 Å². The van der Waals surface area contributed by atoms with Crippen LogP contribution in [0.25, 0.3) is 32.9 Å². The number of alkyl halides is 1. The molecule has 4 aromatic rings. The monoisotopic (exact) mass is 651 g/mol. The third kappa shape index (κ3) is 5.03. The van der Waals surface area contributed by atoms with Crippen LogP contribution in [0.1, 0.15) is 32.1 Å². The van der Waals surface area contributed by atoms with Crippen molar-refractivity contribution in [2.24, 2.45) is 11.8 Å². The molecule has 3 aliphatic heterocycles. The molecule has 4 aliphatic rings. The molecule has 9 nitrogen and oxygen atoms in total. The van der Waals surface area contributed by atoms with Crippen LogP contribution in [-0.2, 0) is 4.74 Å². The van der Waals surface area contributed by atoms with Gasteiger partial charge >= 0.3 is 6.01 Å². The van der Waals surface area contributed by atoms with Crippen LogP contribution in [0.3, 0.4) is 0 Å². The molecular weight excluding hydrogens is 616 g/mol. The standard InChI is InChI=1S/C34H36ClF2N5O4/c1-44-18-46-27-11-24(22-5-2-3-6-23(22)28(27)35)30-29(37)31-25(13-38-30)32(41-14-19-9-20(15-41)26(43)10-19)40-33(39-31)45-17-34-7-4-8-42(34)16-21(36)12-34/h2-3,5-6,11,13,19-21,26,43H,4,7-10,12,14-18H2,1H3/t19-,20-,21-,26-,34+/m1/s1. The van der Waals surface area contributed by atoms with Crippen LogP contribution < -0.4 is 14.4 Å². The molecule has 0 amide bonds. The number of hydrogen-bond acceptors (Lipinski definition) is 9. The number of aliphatic hydroxyl groups excluding tert-OH is 1. The van der Waals surface area contributed by atoms with Crippen molar-refractivity contribution in [2.75, 3.05) is 51.6 Å². The van der Waals surface area contributed by atoms with E-state index in [9.17, 15) is 9.50 Å². The first kappa shape index (κ1) is 30.0. The zero-order valence-corrected chi connectivity index (χ0v) is 26.3. The Kier molecular flexibility index (Phi) is 7.63. The Morgan fingerprint density at radius 3 is 2.76 bits per heavy atom. The van der Waals surface area contributed by atoms with E-state index in [2.05, 4.69) is 19.8 Å². The number of aromatic nitrogens is 3.